The molecule has 1 heterocycles. The van der Waals surface area contributed by atoms with E-state index < -0.39 is 0 Å². The van der Waals surface area contributed by atoms with E-state index in [1.54, 1.807) is 0 Å². The van der Waals surface area contributed by atoms with Crippen molar-refractivity contribution >= 4 is 28.5 Å². The van der Waals surface area contributed by atoms with Gasteiger partial charge >= 0.3 is 5.97 Å². The van der Waals surface area contributed by atoms with Gasteiger partial charge in [0.15, 0.2) is 0 Å². The van der Waals surface area contributed by atoms with Crippen LogP contribution in [0.3, 0.4) is 0 Å². The van der Waals surface area contributed by atoms with E-state index in [2.05, 4.69) is 13.0 Å². The Labute approximate surface area is 171 Å². The number of hydrogen-bond donors (Lipinski definition) is 0. The second-order valence-electron chi connectivity index (χ2n) is 7.29. The number of rotatable bonds is 6. The number of unbranched alkanes of at least 4 members (excludes halogenated alkanes) is 2. The molecule has 0 atom stereocenters. The molecule has 3 nitrogen and oxygen atoms in total. The minimum Gasteiger partial charge on any atom is -0.462 e. The number of hydrogen-bond acceptors (Lipinski definition) is 3. The molecule has 2 aromatic carbocycles. The molecule has 28 heavy (non-hydrogen) atoms. The van der Waals surface area contributed by atoms with E-state index in [1.165, 1.54) is 0 Å². The first-order valence-corrected chi connectivity index (χ1v) is 10.1. The van der Waals surface area contributed by atoms with Gasteiger partial charge in [0, 0.05) is 16.0 Å². The van der Waals surface area contributed by atoms with Gasteiger partial charge in [-0.1, -0.05) is 55.1 Å². The van der Waals surface area contributed by atoms with Crippen LogP contribution >= 0.6 is 11.6 Å². The van der Waals surface area contributed by atoms with Gasteiger partial charge in [0.25, 0.3) is 0 Å². The number of carbonyl (C=O) groups is 1. The predicted octanol–water partition coefficient (Wildman–Crippen LogP) is 6.83. The van der Waals surface area contributed by atoms with Crippen LogP contribution < -0.4 is 0 Å². The molecule has 4 heteroatoms. The van der Waals surface area contributed by atoms with Gasteiger partial charge in [-0.15, -0.1) is 0 Å². The molecule has 0 N–H and O–H groups in total. The minimum absolute atomic E-state index is 0.277. The summed E-state index contributed by atoms with van der Waals surface area (Å²) in [6.07, 6.45) is 3.03. The van der Waals surface area contributed by atoms with Crippen LogP contribution in [-0.2, 0) is 4.74 Å². The molecule has 1 aromatic heterocycles. The number of halogens is 1. The highest BCUT2D eigenvalue weighted by Gasteiger charge is 2.21. The van der Waals surface area contributed by atoms with Crippen molar-refractivity contribution in [3.63, 3.8) is 0 Å². The van der Waals surface area contributed by atoms with Crippen molar-refractivity contribution in [2.45, 2.75) is 47.0 Å². The Morgan fingerprint density at radius 1 is 1.07 bits per heavy atom. The molecule has 0 bridgehead atoms. The van der Waals surface area contributed by atoms with Crippen LogP contribution in [0, 0.1) is 20.8 Å². The van der Waals surface area contributed by atoms with Gasteiger partial charge in [-0.3, -0.25) is 0 Å². The standard InChI is InChI=1S/C24H26ClNO2/c1-5-6-7-12-28-24(27)21-17(4)23(18-8-10-19(25)11-9-18)26-22-16(3)13-15(2)14-20(21)22/h8-11,13-14H,5-7,12H2,1-4H3. The van der Waals surface area contributed by atoms with E-state index in [0.717, 1.165) is 58.1 Å². The monoisotopic (exact) mass is 395 g/mol. The van der Waals surface area contributed by atoms with Gasteiger partial charge in [-0.2, -0.15) is 0 Å². The Kier molecular flexibility index (Phi) is 6.35. The minimum atomic E-state index is -0.277. The number of nitrogens with zero attached hydrogens (tertiary/aromatic N) is 1. The fourth-order valence-electron chi connectivity index (χ4n) is 3.56. The van der Waals surface area contributed by atoms with Crippen LogP contribution in [0.4, 0.5) is 0 Å². The van der Waals surface area contributed by atoms with Gasteiger partial charge in [0.1, 0.15) is 0 Å². The lowest BCUT2D eigenvalue weighted by molar-refractivity contribution is 0.0499. The van der Waals surface area contributed by atoms with Crippen LogP contribution in [0.2, 0.25) is 5.02 Å². The summed E-state index contributed by atoms with van der Waals surface area (Å²) >= 11 is 6.05. The molecule has 0 saturated carbocycles. The molecular formula is C24H26ClNO2. The number of esters is 1. The SMILES string of the molecule is CCCCCOC(=O)c1c(C)c(-c2ccc(Cl)cc2)nc2c(C)cc(C)cc12. The maximum atomic E-state index is 13.0. The van der Waals surface area contributed by atoms with E-state index >= 15 is 0 Å². The second-order valence-corrected chi connectivity index (χ2v) is 7.72. The zero-order chi connectivity index (χ0) is 20.3. The van der Waals surface area contributed by atoms with Crippen molar-refractivity contribution < 1.29 is 9.53 Å². The molecule has 0 aliphatic heterocycles. The highest BCUT2D eigenvalue weighted by molar-refractivity contribution is 6.30. The molecule has 0 unspecified atom stereocenters. The summed E-state index contributed by atoms with van der Waals surface area (Å²) in [5.74, 6) is -0.277. The summed E-state index contributed by atoms with van der Waals surface area (Å²) in [5.41, 5.74) is 6.15. The number of fused-ring (bicyclic) bond motifs is 1. The van der Waals surface area contributed by atoms with Crippen LogP contribution in [0.5, 0.6) is 0 Å². The van der Waals surface area contributed by atoms with Crippen LogP contribution in [0.15, 0.2) is 36.4 Å². The number of carbonyl (C=O) groups excluding carboxylic acids is 1. The van der Waals surface area contributed by atoms with Gasteiger partial charge in [0.05, 0.1) is 23.4 Å². The third-order valence-electron chi connectivity index (χ3n) is 4.97. The predicted molar refractivity (Wildman–Crippen MR) is 116 cm³/mol. The average Bonchev–Trinajstić information content (AvgIpc) is 2.65. The zero-order valence-corrected chi connectivity index (χ0v) is 17.7. The van der Waals surface area contributed by atoms with Crippen molar-refractivity contribution in [3.8, 4) is 11.3 Å². The molecular weight excluding hydrogens is 370 g/mol. The number of aromatic nitrogens is 1. The molecule has 146 valence electrons. The van der Waals surface area contributed by atoms with Crippen LogP contribution in [0.1, 0.15) is 53.2 Å². The lowest BCUT2D eigenvalue weighted by Gasteiger charge is -2.16. The van der Waals surface area contributed by atoms with E-state index in [0.29, 0.717) is 17.2 Å². The lowest BCUT2D eigenvalue weighted by Crippen LogP contribution is -2.11. The summed E-state index contributed by atoms with van der Waals surface area (Å²) in [7, 11) is 0. The maximum absolute atomic E-state index is 13.0. The molecule has 0 spiro atoms. The highest BCUT2D eigenvalue weighted by atomic mass is 35.5. The van der Waals surface area contributed by atoms with Gasteiger partial charge < -0.3 is 4.74 Å². The summed E-state index contributed by atoms with van der Waals surface area (Å²) < 4.78 is 5.62. The van der Waals surface area contributed by atoms with Crippen LogP contribution in [0.25, 0.3) is 22.2 Å². The maximum Gasteiger partial charge on any atom is 0.339 e. The van der Waals surface area contributed by atoms with Crippen molar-refractivity contribution in [2.75, 3.05) is 6.61 Å². The summed E-state index contributed by atoms with van der Waals surface area (Å²) in [6.45, 7) is 8.57. The molecule has 0 aliphatic carbocycles. The largest absolute Gasteiger partial charge is 0.462 e. The third-order valence-corrected chi connectivity index (χ3v) is 5.22. The van der Waals surface area contributed by atoms with Gasteiger partial charge in [0.2, 0.25) is 0 Å². The van der Waals surface area contributed by atoms with Crippen molar-refractivity contribution in [2.24, 2.45) is 0 Å². The second kappa shape index (κ2) is 8.74. The number of benzene rings is 2. The van der Waals surface area contributed by atoms with E-state index in [4.69, 9.17) is 21.3 Å². The zero-order valence-electron chi connectivity index (χ0n) is 16.9. The molecule has 0 fully saturated rings. The van der Waals surface area contributed by atoms with E-state index in [-0.39, 0.29) is 5.97 Å². The Morgan fingerprint density at radius 3 is 2.46 bits per heavy atom. The topological polar surface area (TPSA) is 39.2 Å². The van der Waals surface area contributed by atoms with Crippen molar-refractivity contribution in [1.82, 2.24) is 4.98 Å². The summed E-state index contributed by atoms with van der Waals surface area (Å²) in [4.78, 5) is 17.9. The van der Waals surface area contributed by atoms with E-state index in [9.17, 15) is 4.79 Å². The first-order chi connectivity index (χ1) is 13.4. The molecule has 0 amide bonds. The Bertz CT molecular complexity index is 1010. The average molecular weight is 396 g/mol. The fraction of sp³-hybridized carbons (Fsp3) is 0.333. The van der Waals surface area contributed by atoms with Crippen molar-refractivity contribution in [3.05, 3.63) is 63.7 Å². The molecule has 0 aliphatic rings. The molecule has 3 rings (SSSR count). The third kappa shape index (κ3) is 4.20. The molecule has 0 saturated heterocycles. The fourth-order valence-corrected chi connectivity index (χ4v) is 3.68. The quantitative estimate of drug-likeness (QED) is 0.339. The Hall–Kier alpha value is -2.39. The normalized spacial score (nSPS) is 11.0. The molecule has 0 radical (unpaired) electrons. The van der Waals surface area contributed by atoms with E-state index in [1.807, 2.05) is 51.1 Å². The van der Waals surface area contributed by atoms with Crippen LogP contribution in [-0.4, -0.2) is 17.6 Å². The Balaban J connectivity index is 2.17. The highest BCUT2D eigenvalue weighted by Crippen LogP contribution is 2.32. The first-order valence-electron chi connectivity index (χ1n) is 9.77. The summed E-state index contributed by atoms with van der Waals surface area (Å²) in [5, 5.41) is 1.53. The number of ether oxygens (including phenoxy) is 1. The van der Waals surface area contributed by atoms with Crippen molar-refractivity contribution in [1.29, 1.82) is 0 Å². The molecule has 3 aromatic rings. The number of aryl methyl sites for hydroxylation is 2. The van der Waals surface area contributed by atoms with Gasteiger partial charge in [-0.05, 0) is 56.5 Å². The first kappa shape index (κ1) is 20.3. The van der Waals surface area contributed by atoms with Gasteiger partial charge in [-0.25, -0.2) is 9.78 Å². The lowest BCUT2D eigenvalue weighted by atomic mass is 9.95. The summed E-state index contributed by atoms with van der Waals surface area (Å²) in [6, 6.07) is 11.7. The Morgan fingerprint density at radius 2 is 1.79 bits per heavy atom. The number of pyridine rings is 1. The smallest absolute Gasteiger partial charge is 0.339 e.